The fraction of sp³-hybridized carbons (Fsp3) is 0.579. The number of aliphatic carboxylic acids is 1. The zero-order chi connectivity index (χ0) is 17.8. The van der Waals surface area contributed by atoms with Crippen LogP contribution in [0.1, 0.15) is 37.7 Å². The lowest BCUT2D eigenvalue weighted by Gasteiger charge is -2.32. The maximum absolute atomic E-state index is 12.4. The number of likely N-dealkylation sites (tertiary alicyclic amines) is 1. The van der Waals surface area contributed by atoms with Crippen molar-refractivity contribution >= 4 is 11.9 Å². The third-order valence-corrected chi connectivity index (χ3v) is 5.46. The Morgan fingerprint density at radius 1 is 1.32 bits per heavy atom. The van der Waals surface area contributed by atoms with E-state index in [0.29, 0.717) is 18.9 Å². The Labute approximate surface area is 148 Å². The second-order valence-corrected chi connectivity index (χ2v) is 7.00. The molecule has 25 heavy (non-hydrogen) atoms. The average molecular weight is 346 g/mol. The number of hydrogen-bond donors (Lipinski definition) is 2. The largest absolute Gasteiger partial charge is 0.497 e. The second-order valence-electron chi connectivity index (χ2n) is 7.00. The molecule has 2 N–H and O–H groups in total. The SMILES string of the molecule is COc1cccc(CNC(=O)CN2C(C(=O)O)CC3CCCCC32)c1. The van der Waals surface area contributed by atoms with Crippen LogP contribution in [0.3, 0.4) is 0 Å². The van der Waals surface area contributed by atoms with Crippen LogP contribution in [0.25, 0.3) is 0 Å². The molecule has 1 aliphatic heterocycles. The summed E-state index contributed by atoms with van der Waals surface area (Å²) in [5.74, 6) is 0.235. The minimum Gasteiger partial charge on any atom is -0.497 e. The topological polar surface area (TPSA) is 78.9 Å². The van der Waals surface area contributed by atoms with Crippen molar-refractivity contribution in [3.8, 4) is 5.75 Å². The van der Waals surface area contributed by atoms with Gasteiger partial charge in [0, 0.05) is 12.6 Å². The van der Waals surface area contributed by atoms with Crippen LogP contribution in [0.2, 0.25) is 0 Å². The van der Waals surface area contributed by atoms with Crippen LogP contribution in [0, 0.1) is 5.92 Å². The molecule has 0 radical (unpaired) electrons. The van der Waals surface area contributed by atoms with E-state index < -0.39 is 12.0 Å². The van der Waals surface area contributed by atoms with Crippen molar-refractivity contribution in [2.24, 2.45) is 5.92 Å². The number of ether oxygens (including phenoxy) is 1. The van der Waals surface area contributed by atoms with Crippen molar-refractivity contribution in [3.63, 3.8) is 0 Å². The van der Waals surface area contributed by atoms with E-state index in [1.54, 1.807) is 7.11 Å². The molecule has 3 unspecified atom stereocenters. The molecule has 2 fully saturated rings. The van der Waals surface area contributed by atoms with Crippen molar-refractivity contribution in [1.29, 1.82) is 0 Å². The molecule has 0 spiro atoms. The van der Waals surface area contributed by atoms with Crippen molar-refractivity contribution in [1.82, 2.24) is 10.2 Å². The van der Waals surface area contributed by atoms with E-state index in [4.69, 9.17) is 4.74 Å². The lowest BCUT2D eigenvalue weighted by atomic mass is 9.85. The molecule has 2 aliphatic rings. The van der Waals surface area contributed by atoms with E-state index in [-0.39, 0.29) is 18.5 Å². The molecule has 1 aliphatic carbocycles. The molecule has 3 rings (SSSR count). The van der Waals surface area contributed by atoms with Gasteiger partial charge in [-0.1, -0.05) is 25.0 Å². The highest BCUT2D eigenvalue weighted by atomic mass is 16.5. The first kappa shape index (κ1) is 17.7. The first-order valence-electron chi connectivity index (χ1n) is 8.96. The lowest BCUT2D eigenvalue weighted by molar-refractivity contribution is -0.143. The molecule has 1 saturated carbocycles. The Kier molecular flexibility index (Phi) is 5.58. The van der Waals surface area contributed by atoms with E-state index in [2.05, 4.69) is 5.32 Å². The minimum atomic E-state index is -0.810. The Morgan fingerprint density at radius 2 is 2.12 bits per heavy atom. The van der Waals surface area contributed by atoms with Gasteiger partial charge in [-0.2, -0.15) is 0 Å². The molecular formula is C19H26N2O4. The number of fused-ring (bicyclic) bond motifs is 1. The predicted octanol–water partition coefficient (Wildman–Crippen LogP) is 2.03. The summed E-state index contributed by atoms with van der Waals surface area (Å²) in [6.07, 6.45) is 5.04. The normalized spacial score (nSPS) is 26.0. The van der Waals surface area contributed by atoms with Gasteiger partial charge < -0.3 is 15.2 Å². The van der Waals surface area contributed by atoms with Gasteiger partial charge in [-0.3, -0.25) is 14.5 Å². The Bertz CT molecular complexity index is 634. The van der Waals surface area contributed by atoms with Crippen LogP contribution < -0.4 is 10.1 Å². The zero-order valence-corrected chi connectivity index (χ0v) is 14.6. The van der Waals surface area contributed by atoms with Gasteiger partial charge in [-0.05, 0) is 42.9 Å². The smallest absolute Gasteiger partial charge is 0.320 e. The van der Waals surface area contributed by atoms with Gasteiger partial charge in [0.25, 0.3) is 0 Å². The van der Waals surface area contributed by atoms with Gasteiger partial charge in [0.15, 0.2) is 0 Å². The van der Waals surface area contributed by atoms with Gasteiger partial charge in [-0.15, -0.1) is 0 Å². The number of nitrogens with one attached hydrogen (secondary N) is 1. The summed E-state index contributed by atoms with van der Waals surface area (Å²) in [6.45, 7) is 0.567. The first-order valence-corrected chi connectivity index (χ1v) is 8.96. The standard InChI is InChI=1S/C19H26N2O4/c1-25-15-7-4-5-13(9-15)11-20-18(22)12-21-16-8-3-2-6-14(16)10-17(21)19(23)24/h4-5,7,9,14,16-17H,2-3,6,8,10-12H2,1H3,(H,20,22)(H,23,24). The molecule has 136 valence electrons. The Balaban J connectivity index is 1.59. The molecule has 3 atom stereocenters. The van der Waals surface area contributed by atoms with Crippen LogP contribution in [-0.4, -0.2) is 47.6 Å². The number of rotatable bonds is 6. The number of carboxylic acids is 1. The van der Waals surface area contributed by atoms with E-state index in [9.17, 15) is 14.7 Å². The van der Waals surface area contributed by atoms with Gasteiger partial charge in [0.2, 0.25) is 5.91 Å². The number of methoxy groups -OCH3 is 1. The number of hydrogen-bond acceptors (Lipinski definition) is 4. The van der Waals surface area contributed by atoms with Gasteiger partial charge in [0.05, 0.1) is 13.7 Å². The number of carbonyl (C=O) groups is 2. The van der Waals surface area contributed by atoms with Crippen LogP contribution in [0.4, 0.5) is 0 Å². The van der Waals surface area contributed by atoms with Crippen molar-refractivity contribution in [2.45, 2.75) is 50.7 Å². The monoisotopic (exact) mass is 346 g/mol. The first-order chi connectivity index (χ1) is 12.1. The summed E-state index contributed by atoms with van der Waals surface area (Å²) in [5.41, 5.74) is 0.958. The third-order valence-electron chi connectivity index (χ3n) is 5.46. The van der Waals surface area contributed by atoms with E-state index in [0.717, 1.165) is 30.6 Å². The molecule has 1 saturated heterocycles. The summed E-state index contributed by atoms with van der Waals surface area (Å²) in [7, 11) is 1.61. The van der Waals surface area contributed by atoms with Gasteiger partial charge >= 0.3 is 5.97 Å². The maximum Gasteiger partial charge on any atom is 0.320 e. The minimum absolute atomic E-state index is 0.125. The Morgan fingerprint density at radius 3 is 2.88 bits per heavy atom. The molecule has 1 amide bonds. The van der Waals surface area contributed by atoms with Crippen LogP contribution in [-0.2, 0) is 16.1 Å². The van der Waals surface area contributed by atoms with E-state index >= 15 is 0 Å². The Hall–Kier alpha value is -2.08. The summed E-state index contributed by atoms with van der Waals surface area (Å²) < 4.78 is 5.18. The number of carbonyl (C=O) groups excluding carboxylic acids is 1. The van der Waals surface area contributed by atoms with Gasteiger partial charge in [0.1, 0.15) is 11.8 Å². The fourth-order valence-corrected chi connectivity index (χ4v) is 4.23. The highest BCUT2D eigenvalue weighted by Gasteiger charge is 2.45. The van der Waals surface area contributed by atoms with Crippen molar-refractivity contribution < 1.29 is 19.4 Å². The van der Waals surface area contributed by atoms with Crippen molar-refractivity contribution in [3.05, 3.63) is 29.8 Å². The summed E-state index contributed by atoms with van der Waals surface area (Å²) in [6, 6.07) is 7.25. The predicted molar refractivity (Wildman–Crippen MR) is 93.3 cm³/mol. The lowest BCUT2D eigenvalue weighted by Crippen LogP contribution is -2.47. The molecule has 6 nitrogen and oxygen atoms in total. The average Bonchev–Trinajstić information content (AvgIpc) is 2.99. The van der Waals surface area contributed by atoms with E-state index in [1.165, 1.54) is 6.42 Å². The highest BCUT2D eigenvalue weighted by Crippen LogP contribution is 2.39. The number of nitrogens with zero attached hydrogens (tertiary/aromatic N) is 1. The molecule has 0 aromatic heterocycles. The molecule has 1 heterocycles. The molecule has 6 heteroatoms. The summed E-state index contributed by atoms with van der Waals surface area (Å²) in [5, 5.41) is 12.4. The third kappa shape index (κ3) is 4.12. The molecule has 1 aromatic carbocycles. The summed E-state index contributed by atoms with van der Waals surface area (Å²) >= 11 is 0. The number of benzene rings is 1. The van der Waals surface area contributed by atoms with Gasteiger partial charge in [-0.25, -0.2) is 0 Å². The molecular weight excluding hydrogens is 320 g/mol. The van der Waals surface area contributed by atoms with Crippen LogP contribution in [0.5, 0.6) is 5.75 Å². The number of amides is 1. The fourth-order valence-electron chi connectivity index (χ4n) is 4.23. The highest BCUT2D eigenvalue weighted by molar-refractivity contribution is 5.80. The summed E-state index contributed by atoms with van der Waals surface area (Å²) in [4.78, 5) is 25.9. The quantitative estimate of drug-likeness (QED) is 0.824. The molecule has 0 bridgehead atoms. The zero-order valence-electron chi connectivity index (χ0n) is 14.6. The second kappa shape index (κ2) is 7.87. The van der Waals surface area contributed by atoms with E-state index in [1.807, 2.05) is 29.2 Å². The van der Waals surface area contributed by atoms with Crippen LogP contribution in [0.15, 0.2) is 24.3 Å². The van der Waals surface area contributed by atoms with Crippen LogP contribution >= 0.6 is 0 Å². The maximum atomic E-state index is 12.4. The van der Waals surface area contributed by atoms with Crippen molar-refractivity contribution in [2.75, 3.05) is 13.7 Å². The number of carboxylic acid groups (broad SMARTS) is 1. The molecule has 1 aromatic rings.